The average molecular weight is 643 g/mol. The van der Waals surface area contributed by atoms with Crippen LogP contribution in [0.4, 0.5) is 15.3 Å². The van der Waals surface area contributed by atoms with Crippen molar-refractivity contribution in [1.29, 1.82) is 0 Å². The van der Waals surface area contributed by atoms with E-state index in [4.69, 9.17) is 4.74 Å². The molecule has 0 heterocycles. The Morgan fingerprint density at radius 2 is 1.51 bits per heavy atom. The maximum atomic E-state index is 13.1. The fraction of sp³-hybridized carbons (Fsp3) is 0.343. The summed E-state index contributed by atoms with van der Waals surface area (Å²) in [6.45, 7) is 7.23. The Kier molecular flexibility index (Phi) is 11.6. The Balaban J connectivity index is 1.24. The molecule has 0 aromatic heterocycles. The number of benzene rings is 3. The number of alkyl carbamates (subject to hydrolysis) is 1. The van der Waals surface area contributed by atoms with Gasteiger partial charge in [-0.2, -0.15) is 0 Å². The van der Waals surface area contributed by atoms with Gasteiger partial charge in [0.1, 0.15) is 12.6 Å². The number of hydrogen-bond acceptors (Lipinski definition) is 6. The Hall–Kier alpha value is -5.39. The van der Waals surface area contributed by atoms with Gasteiger partial charge in [-0.1, -0.05) is 66.7 Å². The molecule has 0 saturated carbocycles. The summed E-state index contributed by atoms with van der Waals surface area (Å²) in [5.41, 5.74) is 9.30. The third kappa shape index (κ3) is 9.80. The van der Waals surface area contributed by atoms with Gasteiger partial charge in [0.05, 0.1) is 0 Å². The number of urea groups is 1. The molecule has 0 saturated heterocycles. The van der Waals surface area contributed by atoms with Gasteiger partial charge in [-0.05, 0) is 74.9 Å². The largest absolute Gasteiger partial charge is 0.449 e. The van der Waals surface area contributed by atoms with E-state index < -0.39 is 41.4 Å². The van der Waals surface area contributed by atoms with Crippen LogP contribution in [0.3, 0.4) is 0 Å². The fourth-order valence-electron chi connectivity index (χ4n) is 5.21. The summed E-state index contributed by atoms with van der Waals surface area (Å²) in [6.07, 6.45) is 0.618. The van der Waals surface area contributed by atoms with E-state index in [1.807, 2.05) is 30.3 Å². The maximum absolute atomic E-state index is 13.1. The number of nitrogens with zero attached hydrogens (tertiary/aromatic N) is 1. The number of amides is 6. The predicted octanol–water partition coefficient (Wildman–Crippen LogP) is 3.78. The Labute approximate surface area is 274 Å². The van der Waals surface area contributed by atoms with Crippen LogP contribution in [0.1, 0.15) is 51.2 Å². The SMILES string of the molecule is CC(NC(=O)C(=O)NC(C)(C)C)C(=O)NNC(=O)N(CCCNC(=O)OCC1Cc2ccccc2-c2ccccc21)c1ccccc1. The molecule has 12 nitrogen and oxygen atoms in total. The lowest BCUT2D eigenvalue weighted by Crippen LogP contribution is -2.56. The van der Waals surface area contributed by atoms with Crippen LogP contribution in [0.25, 0.3) is 11.1 Å². The molecule has 4 rings (SSSR count). The molecule has 12 heteroatoms. The Morgan fingerprint density at radius 3 is 2.23 bits per heavy atom. The lowest BCUT2D eigenvalue weighted by atomic mass is 9.79. The molecule has 2 atom stereocenters. The van der Waals surface area contributed by atoms with Crippen molar-refractivity contribution in [3.05, 3.63) is 90.0 Å². The molecule has 2 unspecified atom stereocenters. The minimum atomic E-state index is -1.11. The van der Waals surface area contributed by atoms with Crippen molar-refractivity contribution >= 4 is 35.5 Å². The second-order valence-electron chi connectivity index (χ2n) is 12.3. The van der Waals surface area contributed by atoms with Gasteiger partial charge in [-0.15, -0.1) is 0 Å². The lowest BCUT2D eigenvalue weighted by molar-refractivity contribution is -0.141. The topological polar surface area (TPSA) is 158 Å². The van der Waals surface area contributed by atoms with Gasteiger partial charge in [0, 0.05) is 30.2 Å². The van der Waals surface area contributed by atoms with E-state index in [2.05, 4.69) is 51.1 Å². The van der Waals surface area contributed by atoms with Crippen LogP contribution in [0.15, 0.2) is 78.9 Å². The highest BCUT2D eigenvalue weighted by Crippen LogP contribution is 2.39. The maximum Gasteiger partial charge on any atom is 0.407 e. The van der Waals surface area contributed by atoms with Crippen molar-refractivity contribution in [3.63, 3.8) is 0 Å². The zero-order valence-corrected chi connectivity index (χ0v) is 27.1. The van der Waals surface area contributed by atoms with Crippen molar-refractivity contribution in [2.75, 3.05) is 24.6 Å². The highest BCUT2D eigenvalue weighted by atomic mass is 16.5. The minimum Gasteiger partial charge on any atom is -0.449 e. The van der Waals surface area contributed by atoms with Crippen molar-refractivity contribution in [2.45, 2.75) is 58.0 Å². The molecule has 248 valence electrons. The zero-order valence-electron chi connectivity index (χ0n) is 27.1. The quantitative estimate of drug-likeness (QED) is 0.136. The van der Waals surface area contributed by atoms with Crippen LogP contribution >= 0.6 is 0 Å². The first-order valence-corrected chi connectivity index (χ1v) is 15.6. The lowest BCUT2D eigenvalue weighted by Gasteiger charge is -2.27. The monoisotopic (exact) mass is 642 g/mol. The normalized spacial score (nSPS) is 13.9. The average Bonchev–Trinajstić information content (AvgIpc) is 3.05. The first-order chi connectivity index (χ1) is 22.4. The van der Waals surface area contributed by atoms with Gasteiger partial charge in [-0.25, -0.2) is 15.0 Å². The Bertz CT molecular complexity index is 1590. The number of ether oxygens (including phenoxy) is 1. The van der Waals surface area contributed by atoms with E-state index in [1.165, 1.54) is 23.0 Å². The highest BCUT2D eigenvalue weighted by molar-refractivity contribution is 6.35. The molecule has 47 heavy (non-hydrogen) atoms. The number of para-hydroxylation sites is 1. The molecule has 1 aliphatic carbocycles. The van der Waals surface area contributed by atoms with E-state index in [0.29, 0.717) is 12.1 Å². The fourth-order valence-corrected chi connectivity index (χ4v) is 5.21. The molecule has 3 aromatic carbocycles. The van der Waals surface area contributed by atoms with Gasteiger partial charge >= 0.3 is 23.9 Å². The molecule has 0 aliphatic heterocycles. The number of hydrogen-bond donors (Lipinski definition) is 5. The standard InChI is InChI=1S/C35H42N6O6/c1-23(37-31(43)32(44)38-35(2,3)4)30(42)39-40-33(45)41(26-14-6-5-7-15-26)20-12-19-36-34(46)47-22-25-21-24-13-8-9-16-27(24)29-18-11-10-17-28(25)29/h5-11,13-18,23,25H,12,19-22H2,1-4H3,(H,36,46)(H,37,43)(H,38,44)(H,39,42)(H,40,45). The molecular weight excluding hydrogens is 600 g/mol. The second-order valence-corrected chi connectivity index (χ2v) is 12.3. The molecule has 3 aromatic rings. The molecular formula is C35H42N6O6. The predicted molar refractivity (Wildman–Crippen MR) is 178 cm³/mol. The van der Waals surface area contributed by atoms with Crippen molar-refractivity contribution < 1.29 is 28.7 Å². The number of carbonyl (C=O) groups excluding carboxylic acids is 5. The number of rotatable bonds is 9. The van der Waals surface area contributed by atoms with Crippen molar-refractivity contribution in [3.8, 4) is 11.1 Å². The number of carbonyl (C=O) groups is 5. The first-order valence-electron chi connectivity index (χ1n) is 15.6. The third-order valence-corrected chi connectivity index (χ3v) is 7.46. The van der Waals surface area contributed by atoms with Crippen LogP contribution in [0.5, 0.6) is 0 Å². The van der Waals surface area contributed by atoms with E-state index in [-0.39, 0.29) is 25.6 Å². The summed E-state index contributed by atoms with van der Waals surface area (Å²) in [6, 6.07) is 23.5. The summed E-state index contributed by atoms with van der Waals surface area (Å²) in [5.74, 6) is -2.54. The van der Waals surface area contributed by atoms with E-state index >= 15 is 0 Å². The zero-order chi connectivity index (χ0) is 34.0. The molecule has 0 fully saturated rings. The number of anilines is 1. The first kappa shape index (κ1) is 34.5. The van der Waals surface area contributed by atoms with E-state index in [0.717, 1.165) is 17.5 Å². The summed E-state index contributed by atoms with van der Waals surface area (Å²) >= 11 is 0. The van der Waals surface area contributed by atoms with Crippen LogP contribution in [0, 0.1) is 0 Å². The van der Waals surface area contributed by atoms with Crippen LogP contribution in [-0.4, -0.2) is 61.1 Å². The molecule has 0 radical (unpaired) electrons. The minimum absolute atomic E-state index is 0.0380. The van der Waals surface area contributed by atoms with E-state index in [9.17, 15) is 24.0 Å². The van der Waals surface area contributed by atoms with E-state index in [1.54, 1.807) is 45.0 Å². The van der Waals surface area contributed by atoms with Gasteiger partial charge in [0.25, 0.3) is 5.91 Å². The summed E-state index contributed by atoms with van der Waals surface area (Å²) in [4.78, 5) is 63.8. The van der Waals surface area contributed by atoms with Crippen molar-refractivity contribution in [2.24, 2.45) is 0 Å². The van der Waals surface area contributed by atoms with Crippen molar-refractivity contribution in [1.82, 2.24) is 26.8 Å². The molecule has 0 spiro atoms. The molecule has 0 bridgehead atoms. The summed E-state index contributed by atoms with van der Waals surface area (Å²) < 4.78 is 5.60. The smallest absolute Gasteiger partial charge is 0.407 e. The molecule has 5 N–H and O–H groups in total. The number of hydrazine groups is 1. The second kappa shape index (κ2) is 15.7. The number of fused-ring (bicyclic) bond motifs is 3. The Morgan fingerprint density at radius 1 is 0.851 bits per heavy atom. The van der Waals surface area contributed by atoms with Crippen LogP contribution in [0.2, 0.25) is 0 Å². The van der Waals surface area contributed by atoms with Gasteiger partial charge in [0.15, 0.2) is 0 Å². The van der Waals surface area contributed by atoms with Gasteiger partial charge in [-0.3, -0.25) is 24.7 Å². The van der Waals surface area contributed by atoms with Crippen LogP contribution < -0.4 is 31.7 Å². The highest BCUT2D eigenvalue weighted by Gasteiger charge is 2.26. The molecule has 6 amide bonds. The van der Waals surface area contributed by atoms with Crippen LogP contribution in [-0.2, 0) is 25.5 Å². The van der Waals surface area contributed by atoms with Gasteiger partial charge in [0.2, 0.25) is 0 Å². The summed E-state index contributed by atoms with van der Waals surface area (Å²) in [5, 5.41) is 7.57. The third-order valence-electron chi connectivity index (χ3n) is 7.46. The summed E-state index contributed by atoms with van der Waals surface area (Å²) in [7, 11) is 0. The molecule has 1 aliphatic rings. The number of nitrogens with one attached hydrogen (secondary N) is 5. The van der Waals surface area contributed by atoms with Gasteiger partial charge < -0.3 is 20.7 Å².